The third-order valence-electron chi connectivity index (χ3n) is 3.34. The van der Waals surface area contributed by atoms with Gasteiger partial charge in [0.15, 0.2) is 0 Å². The van der Waals surface area contributed by atoms with Gasteiger partial charge in [-0.3, -0.25) is 0 Å². The zero-order valence-electron chi connectivity index (χ0n) is 9.17. The molecule has 0 amide bonds. The highest BCUT2D eigenvalue weighted by molar-refractivity contribution is 7.99. The van der Waals surface area contributed by atoms with Gasteiger partial charge in [-0.05, 0) is 25.3 Å². The molecule has 0 aromatic carbocycles. The Morgan fingerprint density at radius 1 is 1.36 bits per heavy atom. The maximum absolute atomic E-state index is 3.65. The van der Waals surface area contributed by atoms with Gasteiger partial charge in [0.25, 0.3) is 0 Å². The molecular formula is C11H22N2S. The third-order valence-corrected chi connectivity index (χ3v) is 4.28. The maximum Gasteiger partial charge on any atom is 0.0197 e. The summed E-state index contributed by atoms with van der Waals surface area (Å²) in [5.74, 6) is 3.60. The van der Waals surface area contributed by atoms with Gasteiger partial charge in [0.1, 0.15) is 0 Å². The molecular weight excluding hydrogens is 192 g/mol. The lowest BCUT2D eigenvalue weighted by atomic mass is 9.94. The topological polar surface area (TPSA) is 15.3 Å². The van der Waals surface area contributed by atoms with Gasteiger partial charge in [-0.2, -0.15) is 11.8 Å². The molecule has 0 aliphatic carbocycles. The van der Waals surface area contributed by atoms with Crippen LogP contribution in [-0.4, -0.2) is 48.6 Å². The third kappa shape index (κ3) is 3.14. The minimum Gasteiger partial charge on any atom is -0.313 e. The van der Waals surface area contributed by atoms with Crippen LogP contribution in [0.5, 0.6) is 0 Å². The van der Waals surface area contributed by atoms with E-state index < -0.39 is 0 Å². The SMILES string of the molecule is CC1CCNC(CN2CCSCC2)C1. The normalized spacial score (nSPS) is 35.8. The average molecular weight is 214 g/mol. The summed E-state index contributed by atoms with van der Waals surface area (Å²) in [4.78, 5) is 2.63. The molecule has 14 heavy (non-hydrogen) atoms. The zero-order valence-corrected chi connectivity index (χ0v) is 9.98. The summed E-state index contributed by atoms with van der Waals surface area (Å²) >= 11 is 2.10. The van der Waals surface area contributed by atoms with Crippen LogP contribution in [0.3, 0.4) is 0 Å². The molecule has 1 N–H and O–H groups in total. The minimum absolute atomic E-state index is 0.766. The first-order chi connectivity index (χ1) is 6.84. The molecule has 0 aromatic rings. The summed E-state index contributed by atoms with van der Waals surface area (Å²) in [7, 11) is 0. The Hall–Kier alpha value is 0.270. The van der Waals surface area contributed by atoms with E-state index in [1.54, 1.807) is 0 Å². The predicted octanol–water partition coefficient (Wildman–Crippen LogP) is 1.42. The van der Waals surface area contributed by atoms with Gasteiger partial charge in [-0.15, -0.1) is 0 Å². The fourth-order valence-electron chi connectivity index (χ4n) is 2.46. The van der Waals surface area contributed by atoms with Crippen molar-refractivity contribution in [3.8, 4) is 0 Å². The van der Waals surface area contributed by atoms with Crippen LogP contribution in [-0.2, 0) is 0 Å². The number of hydrogen-bond donors (Lipinski definition) is 1. The van der Waals surface area contributed by atoms with E-state index in [1.807, 2.05) is 0 Å². The van der Waals surface area contributed by atoms with Crippen molar-refractivity contribution in [1.82, 2.24) is 10.2 Å². The van der Waals surface area contributed by atoms with Crippen LogP contribution in [0.2, 0.25) is 0 Å². The summed E-state index contributed by atoms with van der Waals surface area (Å²) < 4.78 is 0. The summed E-state index contributed by atoms with van der Waals surface area (Å²) in [5.41, 5.74) is 0. The van der Waals surface area contributed by atoms with Crippen molar-refractivity contribution in [1.29, 1.82) is 0 Å². The van der Waals surface area contributed by atoms with Crippen molar-refractivity contribution in [2.45, 2.75) is 25.8 Å². The largest absolute Gasteiger partial charge is 0.313 e. The average Bonchev–Trinajstić information content (AvgIpc) is 2.19. The van der Waals surface area contributed by atoms with Gasteiger partial charge in [-0.25, -0.2) is 0 Å². The van der Waals surface area contributed by atoms with E-state index in [4.69, 9.17) is 0 Å². The molecule has 2 rings (SSSR count). The fraction of sp³-hybridized carbons (Fsp3) is 1.00. The molecule has 82 valence electrons. The molecule has 2 heterocycles. The van der Waals surface area contributed by atoms with Gasteiger partial charge in [0, 0.05) is 37.2 Å². The Bertz CT molecular complexity index is 169. The van der Waals surface area contributed by atoms with E-state index in [1.165, 1.54) is 50.5 Å². The maximum atomic E-state index is 3.65. The second-order valence-corrected chi connectivity index (χ2v) is 5.92. The first kappa shape index (κ1) is 10.8. The number of rotatable bonds is 2. The molecule has 0 spiro atoms. The highest BCUT2D eigenvalue weighted by atomic mass is 32.2. The summed E-state index contributed by atoms with van der Waals surface area (Å²) in [6.45, 7) is 7.51. The van der Waals surface area contributed by atoms with Crippen LogP contribution in [0.15, 0.2) is 0 Å². The second kappa shape index (κ2) is 5.38. The molecule has 2 saturated heterocycles. The van der Waals surface area contributed by atoms with Crippen molar-refractivity contribution < 1.29 is 0 Å². The van der Waals surface area contributed by atoms with E-state index in [0.717, 1.165) is 12.0 Å². The molecule has 2 aliphatic rings. The van der Waals surface area contributed by atoms with E-state index in [0.29, 0.717) is 0 Å². The van der Waals surface area contributed by atoms with E-state index >= 15 is 0 Å². The van der Waals surface area contributed by atoms with Crippen molar-refractivity contribution >= 4 is 11.8 Å². The Kier molecular flexibility index (Phi) is 4.14. The van der Waals surface area contributed by atoms with E-state index in [2.05, 4.69) is 28.9 Å². The lowest BCUT2D eigenvalue weighted by Crippen LogP contribution is -2.47. The van der Waals surface area contributed by atoms with Gasteiger partial charge >= 0.3 is 0 Å². The molecule has 2 fully saturated rings. The van der Waals surface area contributed by atoms with Crippen molar-refractivity contribution in [2.24, 2.45) is 5.92 Å². The number of hydrogen-bond acceptors (Lipinski definition) is 3. The smallest absolute Gasteiger partial charge is 0.0197 e. The molecule has 2 unspecified atom stereocenters. The quantitative estimate of drug-likeness (QED) is 0.748. The Morgan fingerprint density at radius 3 is 2.86 bits per heavy atom. The predicted molar refractivity (Wildman–Crippen MR) is 64.0 cm³/mol. The molecule has 2 atom stereocenters. The van der Waals surface area contributed by atoms with Gasteiger partial charge < -0.3 is 10.2 Å². The Morgan fingerprint density at radius 2 is 2.14 bits per heavy atom. The lowest BCUT2D eigenvalue weighted by Gasteiger charge is -2.34. The first-order valence-electron chi connectivity index (χ1n) is 5.88. The number of nitrogens with one attached hydrogen (secondary N) is 1. The Labute approximate surface area is 91.8 Å². The van der Waals surface area contributed by atoms with Crippen LogP contribution in [0.4, 0.5) is 0 Å². The van der Waals surface area contributed by atoms with E-state index in [-0.39, 0.29) is 0 Å². The monoisotopic (exact) mass is 214 g/mol. The summed E-state index contributed by atoms with van der Waals surface area (Å²) in [5, 5.41) is 3.65. The van der Waals surface area contributed by atoms with Crippen LogP contribution in [0, 0.1) is 5.92 Å². The molecule has 0 aromatic heterocycles. The number of piperidine rings is 1. The highest BCUT2D eigenvalue weighted by Gasteiger charge is 2.21. The van der Waals surface area contributed by atoms with Crippen molar-refractivity contribution in [3.63, 3.8) is 0 Å². The molecule has 2 nitrogen and oxygen atoms in total. The summed E-state index contributed by atoms with van der Waals surface area (Å²) in [6, 6.07) is 0.766. The lowest BCUT2D eigenvalue weighted by molar-refractivity contribution is 0.219. The van der Waals surface area contributed by atoms with E-state index in [9.17, 15) is 0 Å². The Balaban J connectivity index is 1.72. The van der Waals surface area contributed by atoms with Crippen LogP contribution in [0.1, 0.15) is 19.8 Å². The fourth-order valence-corrected chi connectivity index (χ4v) is 3.43. The molecule has 0 saturated carbocycles. The zero-order chi connectivity index (χ0) is 9.80. The van der Waals surface area contributed by atoms with Gasteiger partial charge in [-0.1, -0.05) is 6.92 Å². The van der Waals surface area contributed by atoms with Crippen molar-refractivity contribution in [3.05, 3.63) is 0 Å². The second-order valence-electron chi connectivity index (χ2n) is 4.69. The number of nitrogens with zero attached hydrogens (tertiary/aromatic N) is 1. The van der Waals surface area contributed by atoms with Crippen LogP contribution >= 0.6 is 11.8 Å². The molecule has 0 bridgehead atoms. The standard InChI is InChI=1S/C11H22N2S/c1-10-2-3-12-11(8-10)9-13-4-6-14-7-5-13/h10-12H,2-9H2,1H3. The summed E-state index contributed by atoms with van der Waals surface area (Å²) in [6.07, 6.45) is 2.75. The molecule has 0 radical (unpaired) electrons. The van der Waals surface area contributed by atoms with Crippen LogP contribution < -0.4 is 5.32 Å². The van der Waals surface area contributed by atoms with Gasteiger partial charge in [0.05, 0.1) is 0 Å². The minimum atomic E-state index is 0.766. The van der Waals surface area contributed by atoms with Crippen molar-refractivity contribution in [2.75, 3.05) is 37.7 Å². The van der Waals surface area contributed by atoms with Crippen LogP contribution in [0.25, 0.3) is 0 Å². The molecule has 2 aliphatic heterocycles. The first-order valence-corrected chi connectivity index (χ1v) is 7.03. The molecule has 3 heteroatoms. The number of thioether (sulfide) groups is 1. The van der Waals surface area contributed by atoms with Gasteiger partial charge in [0.2, 0.25) is 0 Å². The highest BCUT2D eigenvalue weighted by Crippen LogP contribution is 2.17.